The Balaban J connectivity index is 1.36. The van der Waals surface area contributed by atoms with E-state index in [9.17, 15) is 4.79 Å². The fourth-order valence-corrected chi connectivity index (χ4v) is 3.81. The van der Waals surface area contributed by atoms with Gasteiger partial charge in [0.2, 0.25) is 5.88 Å². The molecule has 156 valence electrons. The Morgan fingerprint density at radius 2 is 2.07 bits per heavy atom. The van der Waals surface area contributed by atoms with Crippen molar-refractivity contribution in [3.8, 4) is 5.88 Å². The number of carbonyl (C=O) groups is 1. The number of pyridine rings is 2. The van der Waals surface area contributed by atoms with Gasteiger partial charge in [0.05, 0.1) is 29.9 Å². The fraction of sp³-hybridized carbons (Fsp3) is 0.375. The van der Waals surface area contributed by atoms with Gasteiger partial charge in [-0.25, -0.2) is 4.98 Å². The molecule has 0 bridgehead atoms. The first-order valence-corrected chi connectivity index (χ1v) is 10.4. The number of nitrogens with zero attached hydrogens (tertiary/aromatic N) is 3. The normalized spacial score (nSPS) is 18.9. The lowest BCUT2D eigenvalue weighted by molar-refractivity contribution is 0.0782. The predicted molar refractivity (Wildman–Crippen MR) is 117 cm³/mol. The number of piperidine rings is 1. The van der Waals surface area contributed by atoms with Gasteiger partial charge in [0.15, 0.2) is 0 Å². The molecule has 1 N–H and O–H groups in total. The second kappa shape index (κ2) is 8.79. The molecule has 0 radical (unpaired) electrons. The molecule has 1 atom stereocenters. The van der Waals surface area contributed by atoms with Gasteiger partial charge in [-0.15, -0.1) is 0 Å². The molecule has 0 saturated carbocycles. The fourth-order valence-electron chi connectivity index (χ4n) is 3.81. The average molecular weight is 405 g/mol. The zero-order valence-corrected chi connectivity index (χ0v) is 17.6. The summed E-state index contributed by atoms with van der Waals surface area (Å²) in [4.78, 5) is 23.4. The third kappa shape index (κ3) is 4.76. The molecule has 0 spiro atoms. The SMILES string of the molecule is CN(Cc1ccc2ccccc2n1)C(=O)c1ccc(OC[C@@]2(C)CCCNC2)nc1. The number of carbonyl (C=O) groups excluding carboxylic acids is 1. The summed E-state index contributed by atoms with van der Waals surface area (Å²) in [6.07, 6.45) is 3.90. The molecule has 3 heterocycles. The van der Waals surface area contributed by atoms with E-state index in [4.69, 9.17) is 4.74 Å². The van der Waals surface area contributed by atoms with Crippen molar-refractivity contribution in [1.29, 1.82) is 0 Å². The molecule has 1 saturated heterocycles. The van der Waals surface area contributed by atoms with Crippen molar-refractivity contribution in [2.45, 2.75) is 26.3 Å². The highest BCUT2D eigenvalue weighted by molar-refractivity contribution is 5.93. The Morgan fingerprint density at radius 1 is 1.20 bits per heavy atom. The summed E-state index contributed by atoms with van der Waals surface area (Å²) in [5.41, 5.74) is 2.45. The first-order chi connectivity index (χ1) is 14.5. The van der Waals surface area contributed by atoms with Crippen molar-refractivity contribution < 1.29 is 9.53 Å². The van der Waals surface area contributed by atoms with Crippen LogP contribution in [0, 0.1) is 5.41 Å². The lowest BCUT2D eigenvalue weighted by atomic mass is 9.84. The number of rotatable bonds is 6. The third-order valence-electron chi connectivity index (χ3n) is 5.64. The molecule has 0 unspecified atom stereocenters. The molecule has 2 aromatic heterocycles. The molecule has 6 nitrogen and oxygen atoms in total. The molecule has 30 heavy (non-hydrogen) atoms. The quantitative estimate of drug-likeness (QED) is 0.679. The van der Waals surface area contributed by atoms with E-state index in [-0.39, 0.29) is 11.3 Å². The monoisotopic (exact) mass is 404 g/mol. The van der Waals surface area contributed by atoms with Gasteiger partial charge < -0.3 is 15.0 Å². The van der Waals surface area contributed by atoms with E-state index >= 15 is 0 Å². The van der Waals surface area contributed by atoms with Crippen LogP contribution in [0.25, 0.3) is 10.9 Å². The maximum Gasteiger partial charge on any atom is 0.255 e. The van der Waals surface area contributed by atoms with E-state index < -0.39 is 0 Å². The maximum atomic E-state index is 12.8. The van der Waals surface area contributed by atoms with Crippen LogP contribution in [0.4, 0.5) is 0 Å². The minimum absolute atomic E-state index is 0.0903. The standard InChI is InChI=1S/C24H28N4O2/c1-24(12-5-13-25-16-24)17-30-22-11-9-19(14-26-22)23(29)28(2)15-20-10-8-18-6-3-4-7-21(18)27-20/h3-4,6-11,14,25H,5,12-13,15-17H2,1-2H3/t24-/m0/s1. The number of hydrogen-bond donors (Lipinski definition) is 1. The van der Waals surface area contributed by atoms with Gasteiger partial charge >= 0.3 is 0 Å². The number of fused-ring (bicyclic) bond motifs is 1. The average Bonchev–Trinajstić information content (AvgIpc) is 2.78. The van der Waals surface area contributed by atoms with E-state index in [0.717, 1.165) is 36.1 Å². The molecule has 1 fully saturated rings. The van der Waals surface area contributed by atoms with Crippen molar-refractivity contribution in [2.75, 3.05) is 26.7 Å². The first-order valence-electron chi connectivity index (χ1n) is 10.4. The molecule has 1 aliphatic rings. The van der Waals surface area contributed by atoms with Crippen LogP contribution in [0.5, 0.6) is 5.88 Å². The molecule has 1 aromatic carbocycles. The second-order valence-corrected chi connectivity index (χ2v) is 8.42. The van der Waals surface area contributed by atoms with Gasteiger partial charge in [0.25, 0.3) is 5.91 Å². The lowest BCUT2D eigenvalue weighted by Crippen LogP contribution is -2.41. The Kier molecular flexibility index (Phi) is 5.95. The predicted octanol–water partition coefficient (Wildman–Crippen LogP) is 3.67. The first kappa shape index (κ1) is 20.3. The van der Waals surface area contributed by atoms with Gasteiger partial charge in [-0.2, -0.15) is 0 Å². The van der Waals surface area contributed by atoms with Gasteiger partial charge in [0.1, 0.15) is 0 Å². The lowest BCUT2D eigenvalue weighted by Gasteiger charge is -2.33. The molecule has 4 rings (SSSR count). The Morgan fingerprint density at radius 3 is 2.83 bits per heavy atom. The van der Waals surface area contributed by atoms with Crippen LogP contribution < -0.4 is 10.1 Å². The molecule has 1 aliphatic heterocycles. The van der Waals surface area contributed by atoms with Gasteiger partial charge in [0, 0.05) is 36.7 Å². The summed E-state index contributed by atoms with van der Waals surface area (Å²) in [6.45, 7) is 5.32. The highest BCUT2D eigenvalue weighted by Gasteiger charge is 2.27. The molecular formula is C24H28N4O2. The molecule has 3 aromatic rings. The van der Waals surface area contributed by atoms with Gasteiger partial charge in [-0.05, 0) is 37.6 Å². The Hall–Kier alpha value is -2.99. The minimum Gasteiger partial charge on any atom is -0.477 e. The van der Waals surface area contributed by atoms with E-state index in [1.165, 1.54) is 6.42 Å². The molecule has 6 heteroatoms. The third-order valence-corrected chi connectivity index (χ3v) is 5.64. The van der Waals surface area contributed by atoms with Crippen molar-refractivity contribution in [1.82, 2.24) is 20.2 Å². The van der Waals surface area contributed by atoms with Gasteiger partial charge in [-0.3, -0.25) is 9.78 Å². The summed E-state index contributed by atoms with van der Waals surface area (Å²) in [5.74, 6) is 0.463. The number of benzene rings is 1. The topological polar surface area (TPSA) is 67.4 Å². The van der Waals surface area contributed by atoms with E-state index in [1.807, 2.05) is 36.4 Å². The second-order valence-electron chi connectivity index (χ2n) is 8.42. The summed E-state index contributed by atoms with van der Waals surface area (Å²) in [5, 5.41) is 4.51. The molecule has 1 amide bonds. The zero-order chi connectivity index (χ0) is 21.0. The zero-order valence-electron chi connectivity index (χ0n) is 17.6. The highest BCUT2D eigenvalue weighted by Crippen LogP contribution is 2.26. The van der Waals surface area contributed by atoms with Crippen LogP contribution in [-0.2, 0) is 6.54 Å². The van der Waals surface area contributed by atoms with E-state index in [0.29, 0.717) is 24.6 Å². The van der Waals surface area contributed by atoms with Crippen LogP contribution >= 0.6 is 0 Å². The van der Waals surface area contributed by atoms with Crippen LogP contribution in [-0.4, -0.2) is 47.5 Å². The Labute approximate surface area is 177 Å². The number of nitrogens with one attached hydrogen (secondary N) is 1. The van der Waals surface area contributed by atoms with Crippen molar-refractivity contribution in [3.63, 3.8) is 0 Å². The smallest absolute Gasteiger partial charge is 0.255 e. The van der Waals surface area contributed by atoms with Crippen molar-refractivity contribution in [2.24, 2.45) is 5.41 Å². The molecular weight excluding hydrogens is 376 g/mol. The van der Waals surface area contributed by atoms with Crippen LogP contribution in [0.2, 0.25) is 0 Å². The largest absolute Gasteiger partial charge is 0.477 e. The highest BCUT2D eigenvalue weighted by atomic mass is 16.5. The minimum atomic E-state index is -0.0903. The van der Waals surface area contributed by atoms with E-state index in [2.05, 4.69) is 22.2 Å². The number of para-hydroxylation sites is 1. The van der Waals surface area contributed by atoms with E-state index in [1.54, 1.807) is 30.3 Å². The van der Waals surface area contributed by atoms with Crippen LogP contribution in [0.1, 0.15) is 35.8 Å². The summed E-state index contributed by atoms with van der Waals surface area (Å²) >= 11 is 0. The number of hydrogen-bond acceptors (Lipinski definition) is 5. The maximum absolute atomic E-state index is 12.8. The summed E-state index contributed by atoms with van der Waals surface area (Å²) in [7, 11) is 1.78. The molecule has 0 aliphatic carbocycles. The van der Waals surface area contributed by atoms with Gasteiger partial charge in [-0.1, -0.05) is 31.2 Å². The van der Waals surface area contributed by atoms with Crippen molar-refractivity contribution >= 4 is 16.8 Å². The van der Waals surface area contributed by atoms with Crippen LogP contribution in [0.3, 0.4) is 0 Å². The number of aromatic nitrogens is 2. The number of amides is 1. The summed E-state index contributed by atoms with van der Waals surface area (Å²) < 4.78 is 5.89. The van der Waals surface area contributed by atoms with Crippen molar-refractivity contribution in [3.05, 3.63) is 66.0 Å². The number of ether oxygens (including phenoxy) is 1. The summed E-state index contributed by atoms with van der Waals surface area (Å²) in [6, 6.07) is 15.5. The Bertz CT molecular complexity index is 1010. The van der Waals surface area contributed by atoms with Crippen LogP contribution in [0.15, 0.2) is 54.7 Å².